The number of benzene rings is 2. The highest BCUT2D eigenvalue weighted by molar-refractivity contribution is 5.89. The van der Waals surface area contributed by atoms with Gasteiger partial charge in [0.05, 0.1) is 0 Å². The molecule has 3 N–H and O–H groups in total. The largest absolute Gasteiger partial charge is 0.340 e. The van der Waals surface area contributed by atoms with Crippen molar-refractivity contribution in [3.05, 3.63) is 66.4 Å². The highest BCUT2D eigenvalue weighted by Gasteiger charge is 2.04. The Morgan fingerprint density at radius 3 is 2.32 bits per heavy atom. The maximum atomic E-state index is 11.2. The molecule has 1 heterocycles. The summed E-state index contributed by atoms with van der Waals surface area (Å²) in [7, 11) is 0. The SMILES string of the molecule is CC(=O)Nc1cccc(Nc2cc(C)nc(Nc3ccccc3)n2)c1. The van der Waals surface area contributed by atoms with Crippen molar-refractivity contribution in [3.8, 4) is 0 Å². The zero-order valence-corrected chi connectivity index (χ0v) is 14.1. The topological polar surface area (TPSA) is 78.9 Å². The van der Waals surface area contributed by atoms with E-state index in [1.165, 1.54) is 6.92 Å². The van der Waals surface area contributed by atoms with Gasteiger partial charge in [-0.3, -0.25) is 4.79 Å². The van der Waals surface area contributed by atoms with Crippen molar-refractivity contribution in [2.45, 2.75) is 13.8 Å². The zero-order valence-electron chi connectivity index (χ0n) is 14.1. The lowest BCUT2D eigenvalue weighted by atomic mass is 10.2. The Hall–Kier alpha value is -3.41. The van der Waals surface area contributed by atoms with Gasteiger partial charge in [-0.1, -0.05) is 24.3 Å². The van der Waals surface area contributed by atoms with Crippen molar-refractivity contribution in [1.82, 2.24) is 9.97 Å². The molecule has 0 aliphatic carbocycles. The van der Waals surface area contributed by atoms with Gasteiger partial charge in [0.15, 0.2) is 0 Å². The molecule has 0 aliphatic rings. The average Bonchev–Trinajstić information content (AvgIpc) is 2.55. The van der Waals surface area contributed by atoms with Crippen LogP contribution in [0.25, 0.3) is 0 Å². The number of aryl methyl sites for hydroxylation is 1. The molecule has 0 spiro atoms. The van der Waals surface area contributed by atoms with Crippen LogP contribution < -0.4 is 16.0 Å². The molecule has 126 valence electrons. The Morgan fingerprint density at radius 1 is 0.840 bits per heavy atom. The molecule has 0 saturated carbocycles. The number of anilines is 5. The lowest BCUT2D eigenvalue weighted by molar-refractivity contribution is -0.114. The fourth-order valence-electron chi connectivity index (χ4n) is 2.36. The maximum Gasteiger partial charge on any atom is 0.229 e. The average molecular weight is 333 g/mol. The molecule has 6 heteroatoms. The Labute approximate surface area is 146 Å². The van der Waals surface area contributed by atoms with Crippen LogP contribution in [0.4, 0.5) is 28.8 Å². The molecule has 0 saturated heterocycles. The smallest absolute Gasteiger partial charge is 0.229 e. The number of rotatable bonds is 5. The first kappa shape index (κ1) is 16.4. The van der Waals surface area contributed by atoms with E-state index in [1.54, 1.807) is 0 Å². The lowest BCUT2D eigenvalue weighted by Gasteiger charge is -2.11. The second-order valence-corrected chi connectivity index (χ2v) is 5.60. The van der Waals surface area contributed by atoms with E-state index < -0.39 is 0 Å². The summed E-state index contributed by atoms with van der Waals surface area (Å²) >= 11 is 0. The molecular formula is C19H19N5O. The molecule has 1 amide bonds. The van der Waals surface area contributed by atoms with Gasteiger partial charge in [-0.05, 0) is 37.3 Å². The molecule has 3 rings (SSSR count). The molecule has 0 atom stereocenters. The summed E-state index contributed by atoms with van der Waals surface area (Å²) in [4.78, 5) is 20.1. The maximum absolute atomic E-state index is 11.2. The van der Waals surface area contributed by atoms with E-state index in [2.05, 4.69) is 25.9 Å². The summed E-state index contributed by atoms with van der Waals surface area (Å²) in [5, 5.41) is 9.19. The van der Waals surface area contributed by atoms with E-state index in [0.717, 1.165) is 22.8 Å². The molecular weight excluding hydrogens is 314 g/mol. The van der Waals surface area contributed by atoms with Crippen LogP contribution in [0.2, 0.25) is 0 Å². The third-order valence-electron chi connectivity index (χ3n) is 3.34. The van der Waals surface area contributed by atoms with Crippen molar-refractivity contribution in [1.29, 1.82) is 0 Å². The van der Waals surface area contributed by atoms with E-state index in [9.17, 15) is 4.79 Å². The molecule has 0 fully saturated rings. The van der Waals surface area contributed by atoms with Crippen LogP contribution in [0.1, 0.15) is 12.6 Å². The molecule has 0 radical (unpaired) electrons. The van der Waals surface area contributed by atoms with Crippen molar-refractivity contribution in [2.75, 3.05) is 16.0 Å². The molecule has 0 aliphatic heterocycles. The fourth-order valence-corrected chi connectivity index (χ4v) is 2.36. The zero-order chi connectivity index (χ0) is 17.6. The number of carbonyl (C=O) groups is 1. The number of hydrogen-bond donors (Lipinski definition) is 3. The summed E-state index contributed by atoms with van der Waals surface area (Å²) in [6.07, 6.45) is 0. The van der Waals surface area contributed by atoms with Crippen molar-refractivity contribution in [3.63, 3.8) is 0 Å². The quantitative estimate of drug-likeness (QED) is 0.651. The minimum atomic E-state index is -0.107. The second kappa shape index (κ2) is 7.44. The summed E-state index contributed by atoms with van der Waals surface area (Å²) < 4.78 is 0. The van der Waals surface area contributed by atoms with Gasteiger partial charge < -0.3 is 16.0 Å². The number of carbonyl (C=O) groups excluding carboxylic acids is 1. The summed E-state index contributed by atoms with van der Waals surface area (Å²) in [5.74, 6) is 1.09. The third-order valence-corrected chi connectivity index (χ3v) is 3.34. The Kier molecular flexibility index (Phi) is 4.89. The van der Waals surface area contributed by atoms with Gasteiger partial charge in [0.1, 0.15) is 5.82 Å². The van der Waals surface area contributed by atoms with Crippen LogP contribution in [0.15, 0.2) is 60.7 Å². The monoisotopic (exact) mass is 333 g/mol. The van der Waals surface area contributed by atoms with Crippen LogP contribution in [0.3, 0.4) is 0 Å². The minimum Gasteiger partial charge on any atom is -0.340 e. The van der Waals surface area contributed by atoms with Crippen LogP contribution in [0, 0.1) is 6.92 Å². The van der Waals surface area contributed by atoms with Gasteiger partial charge in [-0.15, -0.1) is 0 Å². The van der Waals surface area contributed by atoms with Gasteiger partial charge in [0, 0.05) is 35.7 Å². The predicted octanol–water partition coefficient (Wildman–Crippen LogP) is 4.23. The Morgan fingerprint density at radius 2 is 1.56 bits per heavy atom. The molecule has 1 aromatic heterocycles. The van der Waals surface area contributed by atoms with Gasteiger partial charge in [0.25, 0.3) is 0 Å². The highest BCUT2D eigenvalue weighted by Crippen LogP contribution is 2.21. The summed E-state index contributed by atoms with van der Waals surface area (Å²) in [6, 6.07) is 19.1. The standard InChI is InChI=1S/C19H19N5O/c1-13-11-18(22-17-10-6-9-16(12-17)21-14(2)25)24-19(20-13)23-15-7-4-3-5-8-15/h3-12H,1-2H3,(H,21,25)(H2,20,22,23,24). The highest BCUT2D eigenvalue weighted by atomic mass is 16.1. The van der Waals surface area contributed by atoms with E-state index in [-0.39, 0.29) is 5.91 Å². The Balaban J connectivity index is 1.80. The first-order valence-corrected chi connectivity index (χ1v) is 7.91. The normalized spacial score (nSPS) is 10.2. The Bertz CT molecular complexity index is 880. The second-order valence-electron chi connectivity index (χ2n) is 5.60. The van der Waals surface area contributed by atoms with Gasteiger partial charge in [0.2, 0.25) is 11.9 Å². The van der Waals surface area contributed by atoms with Crippen molar-refractivity contribution >= 4 is 34.7 Å². The number of nitrogens with one attached hydrogen (secondary N) is 3. The number of aromatic nitrogens is 2. The number of amides is 1. The molecule has 3 aromatic rings. The molecule has 6 nitrogen and oxygen atoms in total. The minimum absolute atomic E-state index is 0.107. The third kappa shape index (κ3) is 4.78. The van der Waals surface area contributed by atoms with E-state index in [0.29, 0.717) is 11.8 Å². The predicted molar refractivity (Wildman–Crippen MR) is 101 cm³/mol. The molecule has 0 bridgehead atoms. The van der Waals surface area contributed by atoms with Crippen LogP contribution in [0.5, 0.6) is 0 Å². The van der Waals surface area contributed by atoms with Crippen LogP contribution in [-0.4, -0.2) is 15.9 Å². The van der Waals surface area contributed by atoms with E-state index in [4.69, 9.17) is 0 Å². The number of hydrogen-bond acceptors (Lipinski definition) is 5. The van der Waals surface area contributed by atoms with Gasteiger partial charge in [-0.2, -0.15) is 4.98 Å². The first-order valence-electron chi connectivity index (χ1n) is 7.91. The van der Waals surface area contributed by atoms with Crippen molar-refractivity contribution < 1.29 is 4.79 Å². The summed E-state index contributed by atoms with van der Waals surface area (Å²) in [5.41, 5.74) is 3.32. The first-order chi connectivity index (χ1) is 12.1. The van der Waals surface area contributed by atoms with Crippen molar-refractivity contribution in [2.24, 2.45) is 0 Å². The number of nitrogens with zero attached hydrogens (tertiary/aromatic N) is 2. The van der Waals surface area contributed by atoms with Crippen LogP contribution >= 0.6 is 0 Å². The van der Waals surface area contributed by atoms with E-state index >= 15 is 0 Å². The lowest BCUT2D eigenvalue weighted by Crippen LogP contribution is -2.06. The molecule has 2 aromatic carbocycles. The number of para-hydroxylation sites is 1. The van der Waals surface area contributed by atoms with Gasteiger partial charge >= 0.3 is 0 Å². The fraction of sp³-hybridized carbons (Fsp3) is 0.105. The van der Waals surface area contributed by atoms with Gasteiger partial charge in [-0.25, -0.2) is 4.98 Å². The summed E-state index contributed by atoms with van der Waals surface area (Å²) in [6.45, 7) is 3.40. The van der Waals surface area contributed by atoms with E-state index in [1.807, 2.05) is 67.6 Å². The molecule has 0 unspecified atom stereocenters. The molecule has 25 heavy (non-hydrogen) atoms. The van der Waals surface area contributed by atoms with Crippen LogP contribution in [-0.2, 0) is 4.79 Å².